The lowest BCUT2D eigenvalue weighted by Gasteiger charge is -2.34. The molecule has 0 aliphatic heterocycles. The van der Waals surface area contributed by atoms with Crippen molar-refractivity contribution in [3.8, 4) is 0 Å². The van der Waals surface area contributed by atoms with Crippen LogP contribution < -0.4 is 0 Å². The van der Waals surface area contributed by atoms with E-state index in [1.807, 2.05) is 0 Å². The summed E-state index contributed by atoms with van der Waals surface area (Å²) in [6.07, 6.45) is 11.4. The zero-order valence-electron chi connectivity index (χ0n) is 20.1. The van der Waals surface area contributed by atoms with E-state index in [0.29, 0.717) is 6.61 Å². The summed E-state index contributed by atoms with van der Waals surface area (Å²) in [5.41, 5.74) is 3.17. The lowest BCUT2D eigenvalue weighted by atomic mass is 9.79. The maximum atomic E-state index is 11.6. The predicted octanol–water partition coefficient (Wildman–Crippen LogP) is 6.88. The molecular formula is C27H44O3Si. The summed E-state index contributed by atoms with van der Waals surface area (Å²) >= 11 is 0. The Bertz CT molecular complexity index is 672. The lowest BCUT2D eigenvalue weighted by molar-refractivity contribution is -0.139. The number of esters is 1. The first-order chi connectivity index (χ1) is 14.8. The first kappa shape index (κ1) is 25.9. The molecule has 1 fully saturated rings. The standard InChI is InChI=1S/C27H44O3Si/c1-5-6-7-9-23-10-14-25(15-11-23)26-16-12-24(13-17-26)21-31(3,4)19-8-18-30-27(29)22(2)20-28/h10-11,14-15,24,26,28H,2,5-9,12-13,16-21H2,1,3-4H3. The molecule has 1 aliphatic rings. The average molecular weight is 445 g/mol. The smallest absolute Gasteiger partial charge is 0.335 e. The van der Waals surface area contributed by atoms with Crippen molar-refractivity contribution >= 4 is 14.0 Å². The molecule has 4 heteroatoms. The SMILES string of the molecule is C=C(CO)C(=O)OCCC[Si](C)(C)CC1CCC(c2ccc(CCCCC)cc2)CC1. The summed E-state index contributed by atoms with van der Waals surface area (Å²) in [5.74, 6) is 1.14. The van der Waals surface area contributed by atoms with Gasteiger partial charge in [0.1, 0.15) is 0 Å². The highest BCUT2D eigenvalue weighted by Gasteiger charge is 2.29. The first-order valence-corrected chi connectivity index (χ1v) is 15.8. The number of benzene rings is 1. The van der Waals surface area contributed by atoms with Crippen molar-refractivity contribution < 1.29 is 14.6 Å². The normalized spacial score (nSPS) is 19.2. The van der Waals surface area contributed by atoms with Crippen LogP contribution in [0.15, 0.2) is 36.4 Å². The van der Waals surface area contributed by atoms with E-state index in [-0.39, 0.29) is 12.2 Å². The zero-order chi connectivity index (χ0) is 22.7. The Morgan fingerprint density at radius 3 is 2.39 bits per heavy atom. The Labute approximate surface area is 191 Å². The van der Waals surface area contributed by atoms with Gasteiger partial charge in [-0.3, -0.25) is 0 Å². The number of unbranched alkanes of at least 4 members (excludes halogenated alkanes) is 2. The molecule has 0 unspecified atom stereocenters. The van der Waals surface area contributed by atoms with E-state index in [2.05, 4.69) is 50.9 Å². The van der Waals surface area contributed by atoms with Crippen molar-refractivity contribution in [2.24, 2.45) is 5.92 Å². The van der Waals surface area contributed by atoms with Gasteiger partial charge in [0.05, 0.1) is 18.8 Å². The topological polar surface area (TPSA) is 46.5 Å². The van der Waals surface area contributed by atoms with E-state index in [0.717, 1.165) is 18.3 Å². The van der Waals surface area contributed by atoms with Gasteiger partial charge in [0.2, 0.25) is 0 Å². The highest BCUT2D eigenvalue weighted by molar-refractivity contribution is 6.77. The fraction of sp³-hybridized carbons (Fsp3) is 0.667. The second-order valence-electron chi connectivity index (χ2n) is 10.3. The molecule has 31 heavy (non-hydrogen) atoms. The van der Waals surface area contributed by atoms with Gasteiger partial charge in [-0.15, -0.1) is 0 Å². The van der Waals surface area contributed by atoms with Gasteiger partial charge in [-0.25, -0.2) is 4.79 Å². The zero-order valence-corrected chi connectivity index (χ0v) is 21.1. The van der Waals surface area contributed by atoms with Gasteiger partial charge in [-0.1, -0.05) is 88.6 Å². The van der Waals surface area contributed by atoms with Crippen molar-refractivity contribution in [3.05, 3.63) is 47.5 Å². The maximum absolute atomic E-state index is 11.6. The summed E-state index contributed by atoms with van der Waals surface area (Å²) < 4.78 is 5.20. The van der Waals surface area contributed by atoms with Gasteiger partial charge < -0.3 is 9.84 Å². The van der Waals surface area contributed by atoms with Crippen LogP contribution >= 0.6 is 0 Å². The number of aliphatic hydroxyl groups excluding tert-OH is 1. The number of hydrogen-bond acceptors (Lipinski definition) is 3. The molecule has 2 rings (SSSR count). The molecule has 1 aliphatic carbocycles. The van der Waals surface area contributed by atoms with Crippen LogP contribution in [0, 0.1) is 5.92 Å². The minimum Gasteiger partial charge on any atom is -0.462 e. The third-order valence-corrected chi connectivity index (χ3v) is 10.3. The second-order valence-corrected chi connectivity index (χ2v) is 15.5. The minimum atomic E-state index is -1.29. The first-order valence-electron chi connectivity index (χ1n) is 12.4. The molecule has 0 aromatic heterocycles. The van der Waals surface area contributed by atoms with Crippen LogP contribution in [0.3, 0.4) is 0 Å². The Morgan fingerprint density at radius 1 is 1.10 bits per heavy atom. The Hall–Kier alpha value is -1.39. The summed E-state index contributed by atoms with van der Waals surface area (Å²) in [6, 6.07) is 12.1. The van der Waals surface area contributed by atoms with Crippen molar-refractivity contribution in [3.63, 3.8) is 0 Å². The third kappa shape index (κ3) is 9.32. The molecule has 0 bridgehead atoms. The van der Waals surface area contributed by atoms with Crippen molar-refractivity contribution in [1.29, 1.82) is 0 Å². The molecular weight excluding hydrogens is 400 g/mol. The molecule has 0 heterocycles. The van der Waals surface area contributed by atoms with Gasteiger partial charge in [0.15, 0.2) is 0 Å². The average Bonchev–Trinajstić information content (AvgIpc) is 2.77. The van der Waals surface area contributed by atoms with E-state index < -0.39 is 14.0 Å². The monoisotopic (exact) mass is 444 g/mol. The highest BCUT2D eigenvalue weighted by Crippen LogP contribution is 2.39. The Kier molecular flexibility index (Phi) is 11.0. The molecule has 0 amide bonds. The van der Waals surface area contributed by atoms with Gasteiger partial charge >= 0.3 is 5.97 Å². The summed E-state index contributed by atoms with van der Waals surface area (Å²) in [4.78, 5) is 11.6. The predicted molar refractivity (Wildman–Crippen MR) is 133 cm³/mol. The largest absolute Gasteiger partial charge is 0.462 e. The number of carbonyl (C=O) groups is 1. The molecule has 0 spiro atoms. The van der Waals surface area contributed by atoms with Crippen LogP contribution in [0.1, 0.15) is 75.3 Å². The van der Waals surface area contributed by atoms with Crippen LogP contribution in [0.5, 0.6) is 0 Å². The fourth-order valence-electron chi connectivity index (χ4n) is 5.00. The Balaban J connectivity index is 1.69. The number of rotatable bonds is 13. The number of aryl methyl sites for hydroxylation is 1. The quantitative estimate of drug-likeness (QED) is 0.156. The number of hydrogen-bond donors (Lipinski definition) is 1. The molecule has 0 atom stereocenters. The molecule has 174 valence electrons. The van der Waals surface area contributed by atoms with Crippen molar-refractivity contribution in [2.45, 2.75) is 95.8 Å². The fourth-order valence-corrected chi connectivity index (χ4v) is 8.28. The summed E-state index contributed by atoms with van der Waals surface area (Å²) in [6.45, 7) is 10.8. The highest BCUT2D eigenvalue weighted by atomic mass is 28.3. The van der Waals surface area contributed by atoms with E-state index in [1.54, 1.807) is 5.56 Å². The molecule has 3 nitrogen and oxygen atoms in total. The molecule has 0 radical (unpaired) electrons. The van der Waals surface area contributed by atoms with Crippen molar-refractivity contribution in [2.75, 3.05) is 13.2 Å². The molecule has 1 aromatic carbocycles. The minimum absolute atomic E-state index is 0.138. The van der Waals surface area contributed by atoms with Crippen molar-refractivity contribution in [1.82, 2.24) is 0 Å². The van der Waals surface area contributed by atoms with Crippen LogP contribution in [0.4, 0.5) is 0 Å². The number of aliphatic hydroxyl groups is 1. The van der Waals surface area contributed by atoms with Gasteiger partial charge in [-0.2, -0.15) is 0 Å². The lowest BCUT2D eigenvalue weighted by Crippen LogP contribution is -2.30. The van der Waals surface area contributed by atoms with Crippen LogP contribution in [-0.2, 0) is 16.0 Å². The van der Waals surface area contributed by atoms with E-state index in [4.69, 9.17) is 9.84 Å². The van der Waals surface area contributed by atoms with Gasteiger partial charge in [-0.05, 0) is 55.1 Å². The summed E-state index contributed by atoms with van der Waals surface area (Å²) in [7, 11) is -1.29. The Morgan fingerprint density at radius 2 is 1.77 bits per heavy atom. The molecule has 1 saturated carbocycles. The third-order valence-electron chi connectivity index (χ3n) is 6.92. The second kappa shape index (κ2) is 13.2. The van der Waals surface area contributed by atoms with Crippen LogP contribution in [0.2, 0.25) is 25.2 Å². The molecule has 1 aromatic rings. The van der Waals surface area contributed by atoms with Crippen LogP contribution in [-0.4, -0.2) is 32.4 Å². The molecule has 0 saturated heterocycles. The number of carbonyl (C=O) groups excluding carboxylic acids is 1. The van der Waals surface area contributed by atoms with E-state index >= 15 is 0 Å². The molecule has 1 N–H and O–H groups in total. The van der Waals surface area contributed by atoms with Crippen LogP contribution in [0.25, 0.3) is 0 Å². The van der Waals surface area contributed by atoms with Gasteiger partial charge in [0, 0.05) is 8.07 Å². The number of ether oxygens (including phenoxy) is 1. The van der Waals surface area contributed by atoms with E-state index in [9.17, 15) is 4.79 Å². The van der Waals surface area contributed by atoms with E-state index in [1.165, 1.54) is 69.0 Å². The van der Waals surface area contributed by atoms with Gasteiger partial charge in [0.25, 0.3) is 0 Å². The maximum Gasteiger partial charge on any atom is 0.335 e. The summed E-state index contributed by atoms with van der Waals surface area (Å²) in [5, 5.41) is 8.92.